The van der Waals surface area contributed by atoms with Crippen LogP contribution in [0.2, 0.25) is 0 Å². The molecule has 0 unspecified atom stereocenters. The summed E-state index contributed by atoms with van der Waals surface area (Å²) in [5.74, 6) is 0. The van der Waals surface area contributed by atoms with Gasteiger partial charge in [0.1, 0.15) is 0 Å². The van der Waals surface area contributed by atoms with Crippen molar-refractivity contribution in [2.45, 2.75) is 0 Å². The standard InChI is InChI=1S/C36H40O6Si2/c1-37-43(38-2,39-3)35-25-21-33(22-26-35)19-17-31-13-9-29(10-14-31)7-8-30-11-15-32(16-12-30)18-20-34-23-27-36(28-24-34)44(40-4,41-5)42-6/h7-28H,1-6H3/b8-7+,19-17+,20-18+. The average molecular weight is 625 g/mol. The van der Waals surface area contributed by atoms with E-state index >= 15 is 0 Å². The Labute approximate surface area is 263 Å². The van der Waals surface area contributed by atoms with E-state index in [-0.39, 0.29) is 0 Å². The second-order valence-corrected chi connectivity index (χ2v) is 15.7. The summed E-state index contributed by atoms with van der Waals surface area (Å²) in [6, 6.07) is 33.1. The average Bonchev–Trinajstić information content (AvgIpc) is 3.09. The van der Waals surface area contributed by atoms with Crippen molar-refractivity contribution in [3.05, 3.63) is 130 Å². The third kappa shape index (κ3) is 8.06. The lowest BCUT2D eigenvalue weighted by Gasteiger charge is -2.24. The second-order valence-electron chi connectivity index (χ2n) is 9.91. The molecule has 44 heavy (non-hydrogen) atoms. The predicted octanol–water partition coefficient (Wildman–Crippen LogP) is 6.37. The van der Waals surface area contributed by atoms with Crippen LogP contribution in [0.3, 0.4) is 0 Å². The Balaban J connectivity index is 1.33. The fourth-order valence-electron chi connectivity index (χ4n) is 4.82. The van der Waals surface area contributed by atoms with Crippen LogP contribution >= 0.6 is 0 Å². The summed E-state index contributed by atoms with van der Waals surface area (Å²) in [7, 11) is 4.06. The van der Waals surface area contributed by atoms with Crippen molar-refractivity contribution in [3.8, 4) is 0 Å². The van der Waals surface area contributed by atoms with Crippen LogP contribution in [0.4, 0.5) is 0 Å². The molecule has 0 amide bonds. The number of rotatable bonds is 14. The quantitative estimate of drug-likeness (QED) is 0.120. The highest BCUT2D eigenvalue weighted by Gasteiger charge is 2.41. The second kappa shape index (κ2) is 15.9. The van der Waals surface area contributed by atoms with E-state index in [1.807, 2.05) is 48.5 Å². The van der Waals surface area contributed by atoms with Gasteiger partial charge in [-0.05, 0) is 33.4 Å². The summed E-state index contributed by atoms with van der Waals surface area (Å²) in [6.07, 6.45) is 12.6. The Hall–Kier alpha value is -3.71. The molecular formula is C36H40O6Si2. The SMILES string of the molecule is CO[Si](OC)(OC)c1ccc(/C=C/c2ccc(/C=C/c3ccc(/C=C/c4ccc([Si](OC)(OC)OC)cc4)cc3)cc2)cc1. The first kappa shape index (κ1) is 33.2. The van der Waals surface area contributed by atoms with Crippen LogP contribution in [0.1, 0.15) is 33.4 Å². The highest BCUT2D eigenvalue weighted by molar-refractivity contribution is 6.75. The molecule has 0 aliphatic carbocycles. The molecule has 4 rings (SSSR count). The van der Waals surface area contributed by atoms with Crippen molar-refractivity contribution in [2.75, 3.05) is 42.7 Å². The van der Waals surface area contributed by atoms with Crippen molar-refractivity contribution >= 4 is 64.4 Å². The summed E-state index contributed by atoms with van der Waals surface area (Å²) < 4.78 is 33.4. The molecule has 0 atom stereocenters. The highest BCUT2D eigenvalue weighted by Crippen LogP contribution is 2.16. The lowest BCUT2D eigenvalue weighted by Crippen LogP contribution is -2.54. The molecule has 0 heterocycles. The minimum Gasteiger partial charge on any atom is -0.373 e. The Morgan fingerprint density at radius 2 is 0.455 bits per heavy atom. The maximum Gasteiger partial charge on any atom is 0.536 e. The molecule has 0 N–H and O–H groups in total. The first-order chi connectivity index (χ1) is 21.4. The molecule has 6 nitrogen and oxygen atoms in total. The fourth-order valence-corrected chi connectivity index (χ4v) is 8.38. The smallest absolute Gasteiger partial charge is 0.373 e. The van der Waals surface area contributed by atoms with Crippen LogP contribution < -0.4 is 10.4 Å². The predicted molar refractivity (Wildman–Crippen MR) is 185 cm³/mol. The van der Waals surface area contributed by atoms with E-state index in [9.17, 15) is 0 Å². The van der Waals surface area contributed by atoms with Gasteiger partial charge in [0.05, 0.1) is 0 Å². The van der Waals surface area contributed by atoms with Crippen molar-refractivity contribution in [1.29, 1.82) is 0 Å². The van der Waals surface area contributed by atoms with E-state index in [1.165, 1.54) is 0 Å². The highest BCUT2D eigenvalue weighted by atomic mass is 28.4. The van der Waals surface area contributed by atoms with Crippen LogP contribution in [0.5, 0.6) is 0 Å². The number of hydrogen-bond acceptors (Lipinski definition) is 6. The third-order valence-corrected chi connectivity index (χ3v) is 12.7. The van der Waals surface area contributed by atoms with Crippen molar-refractivity contribution < 1.29 is 26.6 Å². The Kier molecular flexibility index (Phi) is 12.0. The third-order valence-electron chi connectivity index (χ3n) is 7.42. The van der Waals surface area contributed by atoms with Gasteiger partial charge < -0.3 is 26.6 Å². The van der Waals surface area contributed by atoms with E-state index in [0.29, 0.717) is 0 Å². The molecule has 4 aromatic carbocycles. The van der Waals surface area contributed by atoms with Crippen molar-refractivity contribution in [2.24, 2.45) is 0 Å². The Morgan fingerprint density at radius 3 is 0.614 bits per heavy atom. The van der Waals surface area contributed by atoms with Crippen LogP contribution in [-0.2, 0) is 26.6 Å². The molecule has 0 aliphatic heterocycles. The van der Waals surface area contributed by atoms with Crippen molar-refractivity contribution in [3.63, 3.8) is 0 Å². The Bertz CT molecular complexity index is 1400. The van der Waals surface area contributed by atoms with Gasteiger partial charge in [-0.3, -0.25) is 0 Å². The van der Waals surface area contributed by atoms with E-state index < -0.39 is 17.6 Å². The molecule has 228 valence electrons. The van der Waals surface area contributed by atoms with Gasteiger partial charge in [-0.2, -0.15) is 0 Å². The van der Waals surface area contributed by atoms with Crippen LogP contribution in [0, 0.1) is 0 Å². The van der Waals surface area contributed by atoms with Gasteiger partial charge in [-0.1, -0.05) is 134 Å². The molecule has 0 radical (unpaired) electrons. The van der Waals surface area contributed by atoms with E-state index in [1.54, 1.807) is 42.7 Å². The molecule has 8 heteroatoms. The summed E-state index contributed by atoms with van der Waals surface area (Å²) >= 11 is 0. The molecule has 0 saturated heterocycles. The van der Waals surface area contributed by atoms with E-state index in [2.05, 4.69) is 85.0 Å². The molecule has 0 saturated carbocycles. The maximum atomic E-state index is 5.56. The minimum absolute atomic E-state index is 0.928. The van der Waals surface area contributed by atoms with E-state index in [4.69, 9.17) is 26.6 Å². The molecular weight excluding hydrogens is 585 g/mol. The minimum atomic E-state index is -2.81. The molecule has 4 aromatic rings. The molecule has 0 fully saturated rings. The lowest BCUT2D eigenvalue weighted by molar-refractivity contribution is 0.140. The van der Waals surface area contributed by atoms with Gasteiger partial charge >= 0.3 is 17.6 Å². The van der Waals surface area contributed by atoms with Crippen LogP contribution in [0.15, 0.2) is 97.1 Å². The first-order valence-electron chi connectivity index (χ1n) is 14.2. The normalized spacial score (nSPS) is 12.6. The lowest BCUT2D eigenvalue weighted by atomic mass is 10.1. The van der Waals surface area contributed by atoms with Crippen molar-refractivity contribution in [1.82, 2.24) is 0 Å². The van der Waals surface area contributed by atoms with Gasteiger partial charge in [0, 0.05) is 53.0 Å². The molecule has 0 bridgehead atoms. The van der Waals surface area contributed by atoms with E-state index in [0.717, 1.165) is 43.8 Å². The van der Waals surface area contributed by atoms with Gasteiger partial charge in [-0.15, -0.1) is 0 Å². The zero-order valence-electron chi connectivity index (χ0n) is 26.2. The first-order valence-corrected chi connectivity index (χ1v) is 17.6. The van der Waals surface area contributed by atoms with Gasteiger partial charge in [0.25, 0.3) is 0 Å². The van der Waals surface area contributed by atoms with Crippen LogP contribution in [0.25, 0.3) is 36.5 Å². The Morgan fingerprint density at radius 1 is 0.295 bits per heavy atom. The summed E-state index contributed by atoms with van der Waals surface area (Å²) in [4.78, 5) is 0. The molecule has 0 aromatic heterocycles. The number of hydrogen-bond donors (Lipinski definition) is 0. The molecule has 0 aliphatic rings. The largest absolute Gasteiger partial charge is 0.536 e. The van der Waals surface area contributed by atoms with Gasteiger partial charge in [0.2, 0.25) is 0 Å². The monoisotopic (exact) mass is 624 g/mol. The maximum absolute atomic E-state index is 5.56. The number of benzene rings is 4. The summed E-state index contributed by atoms with van der Waals surface area (Å²) in [5.41, 5.74) is 6.71. The topological polar surface area (TPSA) is 55.4 Å². The zero-order chi connectivity index (χ0) is 31.4. The van der Waals surface area contributed by atoms with Gasteiger partial charge in [-0.25, -0.2) is 0 Å². The fraction of sp³-hybridized carbons (Fsp3) is 0.167. The van der Waals surface area contributed by atoms with Crippen LogP contribution in [-0.4, -0.2) is 60.3 Å². The van der Waals surface area contributed by atoms with Gasteiger partial charge in [0.15, 0.2) is 0 Å². The summed E-state index contributed by atoms with van der Waals surface area (Å²) in [5, 5.41) is 1.86. The molecule has 0 spiro atoms. The zero-order valence-corrected chi connectivity index (χ0v) is 28.2. The summed E-state index contributed by atoms with van der Waals surface area (Å²) in [6.45, 7) is 0.